The summed E-state index contributed by atoms with van der Waals surface area (Å²) in [5, 5.41) is 4.63. The Balaban J connectivity index is 0.946. The standard InChI is InChI=1S/C58H36N6/c1-3-15-41(16-4-1)53-55(63-57-49(33-59-35-51(57)61-53)47-23-11-19-39-13-7-9-21-45(39)47)43-29-25-37(26-30-43)38-27-31-44(32-28-38)56-54(42-17-5-2-6-18-42)62-52-36-60-34-50(58(52)64-56)48-24-12-20-40-14-8-10-22-46(40)48/h1-36H. The molecule has 0 saturated carbocycles. The van der Waals surface area contributed by atoms with E-state index in [-0.39, 0.29) is 0 Å². The second-order valence-electron chi connectivity index (χ2n) is 15.9. The Morgan fingerprint density at radius 1 is 0.234 bits per heavy atom. The minimum Gasteiger partial charge on any atom is -0.262 e. The minimum absolute atomic E-state index is 0.748. The lowest BCUT2D eigenvalue weighted by Gasteiger charge is -2.15. The third kappa shape index (κ3) is 6.53. The summed E-state index contributed by atoms with van der Waals surface area (Å²) in [7, 11) is 0. The van der Waals surface area contributed by atoms with Crippen LogP contribution in [0.2, 0.25) is 0 Å². The van der Waals surface area contributed by atoms with E-state index < -0.39 is 0 Å². The predicted molar refractivity (Wildman–Crippen MR) is 261 cm³/mol. The van der Waals surface area contributed by atoms with E-state index >= 15 is 0 Å². The zero-order valence-electron chi connectivity index (χ0n) is 34.5. The molecule has 8 aromatic carbocycles. The molecule has 6 nitrogen and oxygen atoms in total. The molecular formula is C58H36N6. The van der Waals surface area contributed by atoms with Gasteiger partial charge in [0.05, 0.1) is 35.2 Å². The molecule has 6 heteroatoms. The molecular weight excluding hydrogens is 781 g/mol. The van der Waals surface area contributed by atoms with Crippen LogP contribution in [-0.2, 0) is 0 Å². The first kappa shape index (κ1) is 37.1. The molecule has 0 aliphatic carbocycles. The predicted octanol–water partition coefficient (Wildman–Crippen LogP) is 14.3. The highest BCUT2D eigenvalue weighted by atomic mass is 14.9. The van der Waals surface area contributed by atoms with Crippen LogP contribution in [0.1, 0.15) is 0 Å². The second-order valence-corrected chi connectivity index (χ2v) is 15.9. The van der Waals surface area contributed by atoms with E-state index in [4.69, 9.17) is 19.9 Å². The molecule has 0 spiro atoms. The number of rotatable bonds is 7. The van der Waals surface area contributed by atoms with Crippen LogP contribution >= 0.6 is 0 Å². The highest BCUT2D eigenvalue weighted by Gasteiger charge is 2.20. The van der Waals surface area contributed by atoms with E-state index in [1.54, 1.807) is 0 Å². The minimum atomic E-state index is 0.748. The van der Waals surface area contributed by atoms with Crippen molar-refractivity contribution in [3.05, 3.63) is 219 Å². The Labute approximate surface area is 369 Å². The number of benzene rings is 8. The SMILES string of the molecule is c1ccc(-c2nc3cncc(-c4cccc5ccccc45)c3nc2-c2ccc(-c3ccc(-c4nc5c(-c6cccc7ccccc67)cncc5nc4-c4ccccc4)cc3)cc2)cc1. The lowest BCUT2D eigenvalue weighted by atomic mass is 9.96. The molecule has 64 heavy (non-hydrogen) atoms. The van der Waals surface area contributed by atoms with Crippen LogP contribution in [0, 0.1) is 0 Å². The zero-order valence-corrected chi connectivity index (χ0v) is 34.5. The van der Waals surface area contributed by atoms with Gasteiger partial charge in [0.1, 0.15) is 22.1 Å². The van der Waals surface area contributed by atoms with Crippen LogP contribution in [0.15, 0.2) is 219 Å². The van der Waals surface area contributed by atoms with E-state index in [9.17, 15) is 0 Å². The van der Waals surface area contributed by atoms with Crippen molar-refractivity contribution < 1.29 is 0 Å². The summed E-state index contributed by atoms with van der Waals surface area (Å²) in [5.74, 6) is 0. The van der Waals surface area contributed by atoms with Crippen LogP contribution in [-0.4, -0.2) is 29.9 Å². The summed E-state index contributed by atoms with van der Waals surface area (Å²) in [4.78, 5) is 30.7. The monoisotopic (exact) mass is 816 g/mol. The Hall–Kier alpha value is -8.74. The Morgan fingerprint density at radius 2 is 0.578 bits per heavy atom. The van der Waals surface area contributed by atoms with Crippen molar-refractivity contribution in [1.82, 2.24) is 29.9 Å². The van der Waals surface area contributed by atoms with Gasteiger partial charge in [-0.2, -0.15) is 0 Å². The molecule has 4 heterocycles. The summed E-state index contributed by atoms with van der Waals surface area (Å²) >= 11 is 0. The van der Waals surface area contributed by atoms with Crippen LogP contribution in [0.5, 0.6) is 0 Å². The summed E-state index contributed by atoms with van der Waals surface area (Å²) in [5.41, 5.74) is 16.6. The van der Waals surface area contributed by atoms with Gasteiger partial charge < -0.3 is 0 Å². The van der Waals surface area contributed by atoms with E-state index in [1.165, 1.54) is 10.8 Å². The molecule has 4 aromatic heterocycles. The van der Waals surface area contributed by atoms with Crippen molar-refractivity contribution in [3.63, 3.8) is 0 Å². The van der Waals surface area contributed by atoms with Crippen molar-refractivity contribution in [2.75, 3.05) is 0 Å². The summed E-state index contributed by atoms with van der Waals surface area (Å²) < 4.78 is 0. The first-order chi connectivity index (χ1) is 31.7. The van der Waals surface area contributed by atoms with E-state index in [1.807, 2.05) is 61.2 Å². The van der Waals surface area contributed by atoms with Crippen molar-refractivity contribution in [2.45, 2.75) is 0 Å². The second kappa shape index (κ2) is 15.6. The van der Waals surface area contributed by atoms with E-state index in [0.29, 0.717) is 0 Å². The molecule has 298 valence electrons. The van der Waals surface area contributed by atoms with Crippen molar-refractivity contribution >= 4 is 43.6 Å². The van der Waals surface area contributed by atoms with Gasteiger partial charge in [-0.05, 0) is 43.8 Å². The molecule has 0 N–H and O–H groups in total. The third-order valence-corrected chi connectivity index (χ3v) is 12.1. The van der Waals surface area contributed by atoms with Gasteiger partial charge in [-0.15, -0.1) is 0 Å². The van der Waals surface area contributed by atoms with Gasteiger partial charge in [0.15, 0.2) is 0 Å². The zero-order chi connectivity index (χ0) is 42.4. The van der Waals surface area contributed by atoms with Crippen LogP contribution in [0.3, 0.4) is 0 Å². The average Bonchev–Trinajstić information content (AvgIpc) is 3.38. The fraction of sp³-hybridized carbons (Fsp3) is 0. The van der Waals surface area contributed by atoms with Gasteiger partial charge in [-0.1, -0.05) is 194 Å². The molecule has 12 aromatic rings. The average molecular weight is 817 g/mol. The maximum atomic E-state index is 5.43. The van der Waals surface area contributed by atoms with Gasteiger partial charge in [-0.3, -0.25) is 9.97 Å². The van der Waals surface area contributed by atoms with Gasteiger partial charge in [0.25, 0.3) is 0 Å². The topological polar surface area (TPSA) is 77.3 Å². The first-order valence-corrected chi connectivity index (χ1v) is 21.3. The lowest BCUT2D eigenvalue weighted by molar-refractivity contribution is 1.25. The highest BCUT2D eigenvalue weighted by molar-refractivity contribution is 6.05. The molecule has 0 bridgehead atoms. The number of hydrogen-bond acceptors (Lipinski definition) is 6. The number of pyridine rings is 2. The molecule has 0 radical (unpaired) electrons. The maximum Gasteiger partial charge on any atom is 0.108 e. The fourth-order valence-corrected chi connectivity index (χ4v) is 8.91. The normalized spacial score (nSPS) is 11.4. The Morgan fingerprint density at radius 3 is 1.02 bits per heavy atom. The first-order valence-electron chi connectivity index (χ1n) is 21.3. The Kier molecular flexibility index (Phi) is 9.05. The molecule has 12 rings (SSSR count). The Bertz CT molecular complexity index is 3440. The van der Waals surface area contributed by atoms with Crippen molar-refractivity contribution in [3.8, 4) is 78.4 Å². The number of hydrogen-bond donors (Lipinski definition) is 0. The molecule has 0 aliphatic rings. The molecule has 0 aliphatic heterocycles. The quantitative estimate of drug-likeness (QED) is 0.159. The molecule has 0 fully saturated rings. The molecule has 0 atom stereocenters. The van der Waals surface area contributed by atoms with Gasteiger partial charge in [0.2, 0.25) is 0 Å². The largest absolute Gasteiger partial charge is 0.262 e. The summed E-state index contributed by atoms with van der Waals surface area (Å²) in [6.07, 6.45) is 7.44. The number of aromatic nitrogens is 6. The van der Waals surface area contributed by atoms with Gasteiger partial charge >= 0.3 is 0 Å². The molecule has 0 unspecified atom stereocenters. The maximum absolute atomic E-state index is 5.43. The van der Waals surface area contributed by atoms with Crippen molar-refractivity contribution in [1.29, 1.82) is 0 Å². The summed E-state index contributed by atoms with van der Waals surface area (Å²) in [6.45, 7) is 0. The van der Waals surface area contributed by atoms with E-state index in [0.717, 1.165) is 111 Å². The van der Waals surface area contributed by atoms with Crippen LogP contribution in [0.25, 0.3) is 122 Å². The van der Waals surface area contributed by atoms with Gasteiger partial charge in [0, 0.05) is 45.8 Å². The summed E-state index contributed by atoms with van der Waals surface area (Å²) in [6, 6.07) is 67.4. The fourth-order valence-electron chi connectivity index (χ4n) is 8.91. The number of nitrogens with zero attached hydrogens (tertiary/aromatic N) is 6. The van der Waals surface area contributed by atoms with E-state index in [2.05, 4.69) is 168 Å². The van der Waals surface area contributed by atoms with Crippen LogP contribution in [0.4, 0.5) is 0 Å². The van der Waals surface area contributed by atoms with Crippen molar-refractivity contribution in [2.24, 2.45) is 0 Å². The molecule has 0 amide bonds. The highest BCUT2D eigenvalue weighted by Crippen LogP contribution is 2.39. The lowest BCUT2D eigenvalue weighted by Crippen LogP contribution is -1.98. The number of fused-ring (bicyclic) bond motifs is 4. The third-order valence-electron chi connectivity index (χ3n) is 12.1. The smallest absolute Gasteiger partial charge is 0.108 e. The molecule has 0 saturated heterocycles. The van der Waals surface area contributed by atoms with Gasteiger partial charge in [-0.25, -0.2) is 19.9 Å². The van der Waals surface area contributed by atoms with Crippen LogP contribution < -0.4 is 0 Å².